The van der Waals surface area contributed by atoms with Crippen molar-refractivity contribution in [1.82, 2.24) is 4.90 Å². The summed E-state index contributed by atoms with van der Waals surface area (Å²) in [7, 11) is 0. The summed E-state index contributed by atoms with van der Waals surface area (Å²) in [5.74, 6) is -1.28. The van der Waals surface area contributed by atoms with Crippen molar-refractivity contribution >= 4 is 0 Å². The monoisotopic (exact) mass is 283 g/mol. The van der Waals surface area contributed by atoms with Crippen LogP contribution < -0.4 is 0 Å². The van der Waals surface area contributed by atoms with Gasteiger partial charge in [-0.15, -0.1) is 0 Å². The van der Waals surface area contributed by atoms with E-state index in [1.165, 1.54) is 12.1 Å². The van der Waals surface area contributed by atoms with E-state index in [-0.39, 0.29) is 0 Å². The lowest BCUT2D eigenvalue weighted by Gasteiger charge is -2.37. The number of benzene rings is 1. The van der Waals surface area contributed by atoms with Crippen molar-refractivity contribution in [3.8, 4) is 0 Å². The molecular weight excluding hydrogens is 260 g/mol. The lowest BCUT2D eigenvalue weighted by molar-refractivity contribution is 0.101. The average molecular weight is 283 g/mol. The zero-order valence-electron chi connectivity index (χ0n) is 12.2. The Balaban J connectivity index is 1.85. The molecule has 20 heavy (non-hydrogen) atoms. The van der Waals surface area contributed by atoms with Crippen LogP contribution in [0.1, 0.15) is 44.8 Å². The number of piperidine rings is 1. The van der Waals surface area contributed by atoms with Crippen molar-refractivity contribution in [2.75, 3.05) is 19.6 Å². The summed E-state index contributed by atoms with van der Waals surface area (Å²) in [6, 6.07) is 3.23. The molecule has 1 saturated heterocycles. The van der Waals surface area contributed by atoms with Gasteiger partial charge in [0.1, 0.15) is 11.6 Å². The fraction of sp³-hybridized carbons (Fsp3) is 0.625. The first-order valence-corrected chi connectivity index (χ1v) is 7.22. The van der Waals surface area contributed by atoms with Gasteiger partial charge in [-0.3, -0.25) is 0 Å². The van der Waals surface area contributed by atoms with E-state index in [1.807, 2.05) is 0 Å². The molecular formula is C16H23F2NO. The van der Waals surface area contributed by atoms with E-state index < -0.39 is 17.7 Å². The number of halogens is 2. The molecule has 0 amide bonds. The minimum absolute atomic E-state index is 0.319. The van der Waals surface area contributed by atoms with Crippen LogP contribution in [0.5, 0.6) is 0 Å². The highest BCUT2D eigenvalue weighted by atomic mass is 19.1. The van der Waals surface area contributed by atoms with E-state index in [2.05, 4.69) is 18.7 Å². The predicted molar refractivity (Wildman–Crippen MR) is 75.4 cm³/mol. The summed E-state index contributed by atoms with van der Waals surface area (Å²) in [4.78, 5) is 2.31. The molecule has 0 saturated carbocycles. The molecule has 0 radical (unpaired) electrons. The molecule has 1 atom stereocenters. The van der Waals surface area contributed by atoms with Crippen LogP contribution in [0.15, 0.2) is 18.2 Å². The number of hydrogen-bond donors (Lipinski definition) is 1. The van der Waals surface area contributed by atoms with Gasteiger partial charge < -0.3 is 10.0 Å². The van der Waals surface area contributed by atoms with Crippen molar-refractivity contribution in [2.24, 2.45) is 5.41 Å². The Morgan fingerprint density at radius 2 is 1.70 bits per heavy atom. The Kier molecular flexibility index (Phi) is 4.76. The smallest absolute Gasteiger partial charge is 0.126 e. The first kappa shape index (κ1) is 15.4. The van der Waals surface area contributed by atoms with Crippen molar-refractivity contribution in [1.29, 1.82) is 0 Å². The zero-order valence-corrected chi connectivity index (χ0v) is 12.2. The number of nitrogens with zero attached hydrogens (tertiary/aromatic N) is 1. The van der Waals surface area contributed by atoms with E-state index in [9.17, 15) is 13.9 Å². The van der Waals surface area contributed by atoms with Crippen LogP contribution in [0.25, 0.3) is 0 Å². The lowest BCUT2D eigenvalue weighted by Crippen LogP contribution is -2.38. The summed E-state index contributed by atoms with van der Waals surface area (Å²) in [6.45, 7) is 7.35. The Morgan fingerprint density at radius 1 is 1.15 bits per heavy atom. The van der Waals surface area contributed by atoms with Crippen molar-refractivity contribution in [2.45, 2.75) is 39.2 Å². The van der Waals surface area contributed by atoms with Gasteiger partial charge in [-0.25, -0.2) is 8.78 Å². The topological polar surface area (TPSA) is 23.5 Å². The molecule has 0 bridgehead atoms. The maximum absolute atomic E-state index is 13.1. The van der Waals surface area contributed by atoms with Crippen LogP contribution in [0.3, 0.4) is 0 Å². The molecule has 1 N–H and O–H groups in total. The van der Waals surface area contributed by atoms with Crippen LogP contribution in [-0.4, -0.2) is 29.6 Å². The molecule has 1 aliphatic heterocycles. The highest BCUT2D eigenvalue weighted by Crippen LogP contribution is 2.30. The predicted octanol–water partition coefficient (Wildman–Crippen LogP) is 3.51. The molecule has 2 nitrogen and oxygen atoms in total. The van der Waals surface area contributed by atoms with Gasteiger partial charge >= 0.3 is 0 Å². The Bertz CT molecular complexity index is 432. The highest BCUT2D eigenvalue weighted by Gasteiger charge is 2.25. The molecule has 0 aliphatic carbocycles. The quantitative estimate of drug-likeness (QED) is 0.914. The average Bonchev–Trinajstić information content (AvgIpc) is 2.36. The number of aliphatic hydroxyl groups excluding tert-OH is 1. The largest absolute Gasteiger partial charge is 0.388 e. The van der Waals surface area contributed by atoms with Crippen molar-refractivity contribution in [3.05, 3.63) is 35.4 Å². The van der Waals surface area contributed by atoms with Crippen molar-refractivity contribution in [3.63, 3.8) is 0 Å². The van der Waals surface area contributed by atoms with Crippen LogP contribution >= 0.6 is 0 Å². The Morgan fingerprint density at radius 3 is 2.25 bits per heavy atom. The maximum atomic E-state index is 13.1. The molecule has 1 aromatic carbocycles. The Labute approximate surface area is 119 Å². The molecule has 112 valence electrons. The summed E-state index contributed by atoms with van der Waals surface area (Å²) >= 11 is 0. The third-order valence-electron chi connectivity index (χ3n) is 4.20. The number of likely N-dealkylation sites (tertiary alicyclic amines) is 1. The van der Waals surface area contributed by atoms with E-state index in [4.69, 9.17) is 0 Å². The van der Waals surface area contributed by atoms with Gasteiger partial charge in [0, 0.05) is 12.6 Å². The van der Waals surface area contributed by atoms with Gasteiger partial charge in [-0.2, -0.15) is 0 Å². The third kappa shape index (κ3) is 4.25. The normalized spacial score (nSPS) is 20.9. The van der Waals surface area contributed by atoms with Gasteiger partial charge in [0.05, 0.1) is 6.10 Å². The minimum Gasteiger partial charge on any atom is -0.388 e. The standard InChI is InChI=1S/C16H23F2NO/c1-16(2)4-7-19(8-5-16)6-3-15(20)12-9-13(17)11-14(18)10-12/h9-11,15,20H,3-8H2,1-2H3. The zero-order chi connectivity index (χ0) is 14.8. The van der Waals surface area contributed by atoms with Gasteiger partial charge in [-0.05, 0) is 55.5 Å². The second kappa shape index (κ2) is 6.19. The van der Waals surface area contributed by atoms with Crippen LogP contribution in [0, 0.1) is 17.0 Å². The van der Waals surface area contributed by atoms with Crippen LogP contribution in [0.4, 0.5) is 8.78 Å². The molecule has 1 unspecified atom stereocenters. The molecule has 0 spiro atoms. The fourth-order valence-electron chi connectivity index (χ4n) is 2.62. The SMILES string of the molecule is CC1(C)CCN(CCC(O)c2cc(F)cc(F)c2)CC1. The van der Waals surface area contributed by atoms with E-state index in [0.717, 1.165) is 38.5 Å². The lowest BCUT2D eigenvalue weighted by atomic mass is 9.82. The van der Waals surface area contributed by atoms with Crippen molar-refractivity contribution < 1.29 is 13.9 Å². The summed E-state index contributed by atoms with van der Waals surface area (Å²) in [5.41, 5.74) is 0.723. The molecule has 1 aromatic rings. The van der Waals surface area contributed by atoms with E-state index in [1.54, 1.807) is 0 Å². The maximum Gasteiger partial charge on any atom is 0.126 e. The third-order valence-corrected chi connectivity index (χ3v) is 4.20. The second-order valence-corrected chi connectivity index (χ2v) is 6.51. The van der Waals surface area contributed by atoms with Gasteiger partial charge in [0.25, 0.3) is 0 Å². The number of rotatable bonds is 4. The fourth-order valence-corrected chi connectivity index (χ4v) is 2.62. The van der Waals surface area contributed by atoms with Gasteiger partial charge in [0.2, 0.25) is 0 Å². The molecule has 2 rings (SSSR count). The van der Waals surface area contributed by atoms with Crippen LogP contribution in [-0.2, 0) is 0 Å². The second-order valence-electron chi connectivity index (χ2n) is 6.51. The number of hydrogen-bond acceptors (Lipinski definition) is 2. The van der Waals surface area contributed by atoms with Gasteiger partial charge in [0.15, 0.2) is 0 Å². The Hall–Kier alpha value is -1.00. The molecule has 1 heterocycles. The minimum atomic E-state index is -0.810. The van der Waals surface area contributed by atoms with Gasteiger partial charge in [-0.1, -0.05) is 13.8 Å². The van der Waals surface area contributed by atoms with E-state index >= 15 is 0 Å². The first-order chi connectivity index (χ1) is 9.35. The van der Waals surface area contributed by atoms with Crippen LogP contribution in [0.2, 0.25) is 0 Å². The first-order valence-electron chi connectivity index (χ1n) is 7.22. The summed E-state index contributed by atoms with van der Waals surface area (Å²) in [5, 5.41) is 10.0. The highest BCUT2D eigenvalue weighted by molar-refractivity contribution is 5.20. The molecule has 0 aromatic heterocycles. The molecule has 1 aliphatic rings. The molecule has 1 fully saturated rings. The molecule has 4 heteroatoms. The summed E-state index contributed by atoms with van der Waals surface area (Å²) < 4.78 is 26.2. The number of aliphatic hydroxyl groups is 1. The van der Waals surface area contributed by atoms with E-state index in [0.29, 0.717) is 17.4 Å². The summed E-state index contributed by atoms with van der Waals surface area (Å²) in [6.07, 6.45) is 1.99.